The molecule has 0 aromatic carbocycles. The van der Waals surface area contributed by atoms with Crippen molar-refractivity contribution in [3.63, 3.8) is 0 Å². The van der Waals surface area contributed by atoms with E-state index < -0.39 is 0 Å². The standard InChI is InChI=1S/C11H12BrN2S/c1-7-3-8(2)14-9(4-12)6-15-11(14)10(7)5-13/h3,9H,4,6H2,1-2H3/q+1/t9-/m0/s1. The molecule has 0 saturated carbocycles. The Morgan fingerprint density at radius 1 is 1.67 bits per heavy atom. The quantitative estimate of drug-likeness (QED) is 0.585. The van der Waals surface area contributed by atoms with E-state index >= 15 is 0 Å². The van der Waals surface area contributed by atoms with E-state index in [2.05, 4.69) is 39.6 Å². The lowest BCUT2D eigenvalue weighted by Crippen LogP contribution is -2.43. The summed E-state index contributed by atoms with van der Waals surface area (Å²) < 4.78 is 2.28. The molecule has 1 aromatic rings. The first-order valence-corrected chi connectivity index (χ1v) is 6.94. The zero-order chi connectivity index (χ0) is 11.0. The summed E-state index contributed by atoms with van der Waals surface area (Å²) in [5, 5.41) is 11.2. The van der Waals surface area contributed by atoms with Crippen LogP contribution >= 0.6 is 27.7 Å². The summed E-state index contributed by atoms with van der Waals surface area (Å²) >= 11 is 5.32. The fraction of sp³-hybridized carbons (Fsp3) is 0.455. The number of rotatable bonds is 1. The maximum atomic E-state index is 9.14. The number of hydrogen-bond donors (Lipinski definition) is 0. The highest BCUT2D eigenvalue weighted by molar-refractivity contribution is 9.09. The van der Waals surface area contributed by atoms with Crippen LogP contribution in [-0.4, -0.2) is 11.1 Å². The van der Waals surface area contributed by atoms with Crippen LogP contribution in [0.25, 0.3) is 0 Å². The molecule has 0 spiro atoms. The minimum absolute atomic E-state index is 0.484. The highest BCUT2D eigenvalue weighted by Gasteiger charge is 2.35. The van der Waals surface area contributed by atoms with E-state index in [1.807, 2.05) is 6.92 Å². The van der Waals surface area contributed by atoms with Gasteiger partial charge in [-0.25, -0.2) is 0 Å². The molecule has 2 rings (SSSR count). The van der Waals surface area contributed by atoms with Crippen LogP contribution in [0.15, 0.2) is 11.1 Å². The van der Waals surface area contributed by atoms with E-state index in [4.69, 9.17) is 5.26 Å². The number of pyridine rings is 1. The second-order valence-electron chi connectivity index (χ2n) is 3.75. The van der Waals surface area contributed by atoms with Gasteiger partial charge in [0.1, 0.15) is 11.6 Å². The summed E-state index contributed by atoms with van der Waals surface area (Å²) in [7, 11) is 0. The molecule has 1 aromatic heterocycles. The molecule has 0 fully saturated rings. The lowest BCUT2D eigenvalue weighted by molar-refractivity contribution is -0.748. The predicted molar refractivity (Wildman–Crippen MR) is 64.4 cm³/mol. The molecular weight excluding hydrogens is 272 g/mol. The lowest BCUT2D eigenvalue weighted by atomic mass is 10.1. The van der Waals surface area contributed by atoms with E-state index in [0.717, 1.165) is 27.2 Å². The van der Waals surface area contributed by atoms with E-state index in [0.29, 0.717) is 6.04 Å². The van der Waals surface area contributed by atoms with Crippen molar-refractivity contribution >= 4 is 27.7 Å². The number of alkyl halides is 1. The van der Waals surface area contributed by atoms with E-state index in [9.17, 15) is 0 Å². The van der Waals surface area contributed by atoms with Gasteiger partial charge in [0.2, 0.25) is 0 Å². The fourth-order valence-electron chi connectivity index (χ4n) is 2.00. The third-order valence-electron chi connectivity index (χ3n) is 2.70. The molecule has 0 radical (unpaired) electrons. The van der Waals surface area contributed by atoms with E-state index in [-0.39, 0.29) is 0 Å². The Hall–Kier alpha value is -0.530. The van der Waals surface area contributed by atoms with Gasteiger partial charge in [-0.05, 0) is 24.2 Å². The molecule has 0 bridgehead atoms. The summed E-state index contributed by atoms with van der Waals surface area (Å²) in [5.41, 5.74) is 3.17. The average molecular weight is 284 g/mol. The lowest BCUT2D eigenvalue weighted by Gasteiger charge is -2.06. The highest BCUT2D eigenvalue weighted by atomic mass is 79.9. The van der Waals surface area contributed by atoms with Gasteiger partial charge in [-0.3, -0.25) is 0 Å². The van der Waals surface area contributed by atoms with Crippen molar-refractivity contribution in [3.05, 3.63) is 22.9 Å². The number of aryl methyl sites for hydroxylation is 2. The second kappa shape index (κ2) is 4.15. The van der Waals surface area contributed by atoms with Crippen LogP contribution in [0, 0.1) is 25.2 Å². The van der Waals surface area contributed by atoms with Crippen molar-refractivity contribution < 1.29 is 4.57 Å². The molecule has 4 heteroatoms. The molecule has 2 heterocycles. The Bertz CT molecular complexity index is 451. The second-order valence-corrected chi connectivity index (χ2v) is 5.41. The molecule has 0 N–H and O–H groups in total. The Labute approximate surface area is 102 Å². The fourth-order valence-corrected chi connectivity index (χ4v) is 4.22. The topological polar surface area (TPSA) is 27.7 Å². The molecular formula is C11H12BrN2S+. The first-order valence-electron chi connectivity index (χ1n) is 4.83. The molecule has 1 atom stereocenters. The molecule has 1 aliphatic heterocycles. The largest absolute Gasteiger partial charge is 0.259 e. The first-order chi connectivity index (χ1) is 7.19. The van der Waals surface area contributed by atoms with Crippen molar-refractivity contribution in [1.29, 1.82) is 5.26 Å². The van der Waals surface area contributed by atoms with Gasteiger partial charge < -0.3 is 0 Å². The number of thioether (sulfide) groups is 1. The number of fused-ring (bicyclic) bond motifs is 1. The molecule has 0 unspecified atom stereocenters. The zero-order valence-electron chi connectivity index (χ0n) is 8.75. The van der Waals surface area contributed by atoms with Crippen molar-refractivity contribution in [1.82, 2.24) is 0 Å². The minimum atomic E-state index is 0.484. The van der Waals surface area contributed by atoms with Crippen LogP contribution in [0.5, 0.6) is 0 Å². The summed E-state index contributed by atoms with van der Waals surface area (Å²) in [6.07, 6.45) is 0. The van der Waals surface area contributed by atoms with Crippen LogP contribution in [0.3, 0.4) is 0 Å². The molecule has 15 heavy (non-hydrogen) atoms. The SMILES string of the molecule is Cc1cc(C)[n+]2c(c1C#N)SC[C@@H]2CBr. The number of aromatic nitrogens is 1. The normalized spacial score (nSPS) is 18.7. The summed E-state index contributed by atoms with van der Waals surface area (Å²) in [6.45, 7) is 4.12. The van der Waals surface area contributed by atoms with Gasteiger partial charge in [0.15, 0.2) is 11.7 Å². The summed E-state index contributed by atoms with van der Waals surface area (Å²) in [6, 6.07) is 4.90. The number of nitrogens with zero attached hydrogens (tertiary/aromatic N) is 2. The predicted octanol–water partition coefficient (Wildman–Crippen LogP) is 2.50. The van der Waals surface area contributed by atoms with Gasteiger partial charge >= 0.3 is 0 Å². The van der Waals surface area contributed by atoms with Crippen molar-refractivity contribution in [2.45, 2.75) is 24.9 Å². The number of hydrogen-bond acceptors (Lipinski definition) is 2. The van der Waals surface area contributed by atoms with Gasteiger partial charge in [-0.15, -0.1) is 0 Å². The first kappa shape index (κ1) is 11.0. The summed E-state index contributed by atoms with van der Waals surface area (Å²) in [5.74, 6) is 1.06. The molecule has 0 amide bonds. The Kier molecular flexibility index (Phi) is 3.03. The molecule has 0 aliphatic carbocycles. The third-order valence-corrected chi connectivity index (χ3v) is 4.67. The Morgan fingerprint density at radius 3 is 3.00 bits per heavy atom. The van der Waals surface area contributed by atoms with Gasteiger partial charge in [-0.2, -0.15) is 9.83 Å². The van der Waals surface area contributed by atoms with Crippen LogP contribution in [0.1, 0.15) is 22.9 Å². The monoisotopic (exact) mass is 283 g/mol. The van der Waals surface area contributed by atoms with E-state index in [1.165, 1.54) is 5.69 Å². The molecule has 2 nitrogen and oxygen atoms in total. The van der Waals surface area contributed by atoms with Crippen LogP contribution in [0.2, 0.25) is 0 Å². The van der Waals surface area contributed by atoms with Crippen molar-refractivity contribution in [2.24, 2.45) is 0 Å². The molecule has 1 aliphatic rings. The molecule has 78 valence electrons. The maximum absolute atomic E-state index is 9.14. The van der Waals surface area contributed by atoms with Gasteiger partial charge in [0.25, 0.3) is 5.03 Å². The highest BCUT2D eigenvalue weighted by Crippen LogP contribution is 2.31. The van der Waals surface area contributed by atoms with Crippen LogP contribution < -0.4 is 4.57 Å². The molecule has 0 saturated heterocycles. The average Bonchev–Trinajstić information content (AvgIpc) is 2.62. The van der Waals surface area contributed by atoms with Crippen molar-refractivity contribution in [3.8, 4) is 6.07 Å². The maximum Gasteiger partial charge on any atom is 0.259 e. The minimum Gasteiger partial charge on any atom is -0.192 e. The van der Waals surface area contributed by atoms with Gasteiger partial charge in [-0.1, -0.05) is 15.9 Å². The van der Waals surface area contributed by atoms with Crippen LogP contribution in [0.4, 0.5) is 0 Å². The van der Waals surface area contributed by atoms with E-state index in [1.54, 1.807) is 11.8 Å². The van der Waals surface area contributed by atoms with Gasteiger partial charge in [0.05, 0.1) is 11.1 Å². The third kappa shape index (κ3) is 1.68. The Balaban J connectivity index is 2.67. The van der Waals surface area contributed by atoms with Crippen LogP contribution in [-0.2, 0) is 0 Å². The smallest absolute Gasteiger partial charge is 0.192 e. The van der Waals surface area contributed by atoms with Gasteiger partial charge in [0, 0.05) is 13.0 Å². The van der Waals surface area contributed by atoms with Crippen molar-refractivity contribution in [2.75, 3.05) is 11.1 Å². The number of halogens is 1. The Morgan fingerprint density at radius 2 is 2.40 bits per heavy atom. The summed E-state index contributed by atoms with van der Waals surface area (Å²) in [4.78, 5) is 0. The number of nitriles is 1. The zero-order valence-corrected chi connectivity index (χ0v) is 11.2.